The summed E-state index contributed by atoms with van der Waals surface area (Å²) < 4.78 is 7.30. The highest BCUT2D eigenvalue weighted by molar-refractivity contribution is 9.10. The summed E-state index contributed by atoms with van der Waals surface area (Å²) in [7, 11) is 1.73. The lowest BCUT2D eigenvalue weighted by Crippen LogP contribution is -2.40. The quantitative estimate of drug-likeness (QED) is 0.900. The monoisotopic (exact) mass is 329 g/mol. The highest BCUT2D eigenvalue weighted by Crippen LogP contribution is 2.28. The normalized spacial score (nSPS) is 22.4. The standard InChI is InChI=1S/C13H20BrN3O2/c1-8(2)7-17-13(18)12(14)11(6-15-17)16-9-4-10(5-9)19-3/h6,8-10,16H,4-5,7H2,1-3H3. The van der Waals surface area contributed by atoms with E-state index in [1.165, 1.54) is 4.68 Å². The highest BCUT2D eigenvalue weighted by atomic mass is 79.9. The molecule has 0 aromatic carbocycles. The lowest BCUT2D eigenvalue weighted by molar-refractivity contribution is 0.0328. The van der Waals surface area contributed by atoms with Gasteiger partial charge in [0.15, 0.2) is 0 Å². The van der Waals surface area contributed by atoms with Crippen LogP contribution >= 0.6 is 15.9 Å². The Morgan fingerprint density at radius 2 is 2.26 bits per heavy atom. The topological polar surface area (TPSA) is 56.1 Å². The summed E-state index contributed by atoms with van der Waals surface area (Å²) >= 11 is 3.37. The van der Waals surface area contributed by atoms with Crippen molar-refractivity contribution in [2.75, 3.05) is 12.4 Å². The molecule has 1 heterocycles. The molecule has 0 unspecified atom stereocenters. The predicted octanol–water partition coefficient (Wildman–Crippen LogP) is 2.25. The Kier molecular flexibility index (Phi) is 4.62. The molecule has 0 spiro atoms. The summed E-state index contributed by atoms with van der Waals surface area (Å²) in [4.78, 5) is 12.1. The molecule has 0 bridgehead atoms. The molecule has 106 valence electrons. The molecule has 19 heavy (non-hydrogen) atoms. The van der Waals surface area contributed by atoms with E-state index in [0.717, 1.165) is 18.5 Å². The van der Waals surface area contributed by atoms with E-state index < -0.39 is 0 Å². The molecule has 0 radical (unpaired) electrons. The average molecular weight is 330 g/mol. The van der Waals surface area contributed by atoms with E-state index in [4.69, 9.17) is 4.74 Å². The van der Waals surface area contributed by atoms with Gasteiger partial charge in [-0.15, -0.1) is 0 Å². The van der Waals surface area contributed by atoms with Crippen LogP contribution < -0.4 is 10.9 Å². The fourth-order valence-electron chi connectivity index (χ4n) is 2.14. The number of rotatable bonds is 5. The Morgan fingerprint density at radius 1 is 1.58 bits per heavy atom. The van der Waals surface area contributed by atoms with Crippen LogP contribution in [-0.4, -0.2) is 29.0 Å². The van der Waals surface area contributed by atoms with Gasteiger partial charge < -0.3 is 10.1 Å². The number of hydrogen-bond acceptors (Lipinski definition) is 4. The number of anilines is 1. The fraction of sp³-hybridized carbons (Fsp3) is 0.692. The van der Waals surface area contributed by atoms with E-state index in [1.807, 2.05) is 0 Å². The van der Waals surface area contributed by atoms with Crippen molar-refractivity contribution in [2.24, 2.45) is 5.92 Å². The molecule has 0 amide bonds. The van der Waals surface area contributed by atoms with E-state index >= 15 is 0 Å². The fourth-order valence-corrected chi connectivity index (χ4v) is 2.56. The third-order valence-electron chi connectivity index (χ3n) is 3.31. The van der Waals surface area contributed by atoms with Crippen LogP contribution in [0.2, 0.25) is 0 Å². The lowest BCUT2D eigenvalue weighted by Gasteiger charge is -2.35. The van der Waals surface area contributed by atoms with Crippen LogP contribution in [0.15, 0.2) is 15.5 Å². The number of ether oxygens (including phenoxy) is 1. The van der Waals surface area contributed by atoms with E-state index in [1.54, 1.807) is 13.3 Å². The summed E-state index contributed by atoms with van der Waals surface area (Å²) in [6, 6.07) is 0.364. The summed E-state index contributed by atoms with van der Waals surface area (Å²) in [6.07, 6.45) is 4.00. The first-order chi connectivity index (χ1) is 9.01. The van der Waals surface area contributed by atoms with Crippen molar-refractivity contribution >= 4 is 21.6 Å². The van der Waals surface area contributed by atoms with Gasteiger partial charge >= 0.3 is 0 Å². The van der Waals surface area contributed by atoms with Crippen molar-refractivity contribution in [1.82, 2.24) is 9.78 Å². The van der Waals surface area contributed by atoms with E-state index in [0.29, 0.717) is 29.1 Å². The van der Waals surface area contributed by atoms with Crippen molar-refractivity contribution in [3.63, 3.8) is 0 Å². The zero-order valence-electron chi connectivity index (χ0n) is 11.5. The minimum atomic E-state index is -0.0821. The number of nitrogens with one attached hydrogen (secondary N) is 1. The first kappa shape index (κ1) is 14.5. The van der Waals surface area contributed by atoms with Crippen LogP contribution in [-0.2, 0) is 11.3 Å². The van der Waals surface area contributed by atoms with Gasteiger partial charge in [-0.3, -0.25) is 4.79 Å². The second kappa shape index (κ2) is 6.05. The molecule has 1 aromatic rings. The number of hydrogen-bond donors (Lipinski definition) is 1. The highest BCUT2D eigenvalue weighted by Gasteiger charge is 2.29. The van der Waals surface area contributed by atoms with Gasteiger partial charge in [0.2, 0.25) is 0 Å². The van der Waals surface area contributed by atoms with Crippen molar-refractivity contribution in [1.29, 1.82) is 0 Å². The van der Waals surface area contributed by atoms with E-state index in [9.17, 15) is 4.79 Å². The van der Waals surface area contributed by atoms with Gasteiger partial charge in [0.1, 0.15) is 4.47 Å². The number of aromatic nitrogens is 2. The molecule has 0 aliphatic heterocycles. The molecule has 1 aliphatic carbocycles. The minimum Gasteiger partial charge on any atom is -0.381 e. The molecular formula is C13H20BrN3O2. The number of halogens is 1. The Bertz CT molecular complexity index is 495. The third-order valence-corrected chi connectivity index (χ3v) is 4.08. The summed E-state index contributed by atoms with van der Waals surface area (Å²) in [5.41, 5.74) is 0.686. The van der Waals surface area contributed by atoms with E-state index in [2.05, 4.69) is 40.2 Å². The molecule has 1 N–H and O–H groups in total. The van der Waals surface area contributed by atoms with Crippen LogP contribution in [0.5, 0.6) is 0 Å². The Hall–Kier alpha value is -0.880. The molecule has 2 rings (SSSR count). The van der Waals surface area contributed by atoms with Crippen molar-refractivity contribution in [2.45, 2.75) is 45.4 Å². The molecule has 1 aromatic heterocycles. The van der Waals surface area contributed by atoms with Gasteiger partial charge in [-0.25, -0.2) is 4.68 Å². The smallest absolute Gasteiger partial charge is 0.283 e. The number of nitrogens with zero attached hydrogens (tertiary/aromatic N) is 2. The van der Waals surface area contributed by atoms with Gasteiger partial charge in [-0.2, -0.15) is 5.10 Å². The minimum absolute atomic E-state index is 0.0821. The zero-order valence-corrected chi connectivity index (χ0v) is 13.1. The predicted molar refractivity (Wildman–Crippen MR) is 78.5 cm³/mol. The maximum atomic E-state index is 12.1. The van der Waals surface area contributed by atoms with Gasteiger partial charge in [0.25, 0.3) is 5.56 Å². The van der Waals surface area contributed by atoms with Gasteiger partial charge in [-0.1, -0.05) is 13.8 Å². The molecule has 0 saturated heterocycles. The Morgan fingerprint density at radius 3 is 2.84 bits per heavy atom. The second-order valence-corrected chi connectivity index (χ2v) is 6.22. The molecule has 1 saturated carbocycles. The zero-order chi connectivity index (χ0) is 14.0. The van der Waals surface area contributed by atoms with Crippen molar-refractivity contribution < 1.29 is 4.74 Å². The molecule has 6 heteroatoms. The van der Waals surface area contributed by atoms with Crippen molar-refractivity contribution in [3.8, 4) is 0 Å². The summed E-state index contributed by atoms with van der Waals surface area (Å²) in [5, 5.41) is 7.54. The second-order valence-electron chi connectivity index (χ2n) is 5.42. The van der Waals surface area contributed by atoms with Gasteiger partial charge in [0, 0.05) is 19.7 Å². The van der Waals surface area contributed by atoms with Crippen molar-refractivity contribution in [3.05, 3.63) is 21.0 Å². The van der Waals surface area contributed by atoms with Gasteiger partial charge in [0.05, 0.1) is 18.0 Å². The molecule has 1 fully saturated rings. The van der Waals surface area contributed by atoms with Crippen LogP contribution in [0.3, 0.4) is 0 Å². The summed E-state index contributed by atoms with van der Waals surface area (Å²) in [5.74, 6) is 0.394. The largest absolute Gasteiger partial charge is 0.381 e. The maximum absolute atomic E-state index is 12.1. The van der Waals surface area contributed by atoms with Gasteiger partial charge in [-0.05, 0) is 34.7 Å². The van der Waals surface area contributed by atoms with Crippen LogP contribution in [0, 0.1) is 5.92 Å². The van der Waals surface area contributed by atoms with Crippen LogP contribution in [0.4, 0.5) is 5.69 Å². The third kappa shape index (κ3) is 3.36. The summed E-state index contributed by atoms with van der Waals surface area (Å²) in [6.45, 7) is 4.76. The molecule has 0 atom stereocenters. The molecule has 5 nitrogen and oxygen atoms in total. The number of methoxy groups -OCH3 is 1. The first-order valence-corrected chi connectivity index (χ1v) is 7.35. The lowest BCUT2D eigenvalue weighted by atomic mass is 9.89. The Labute approximate surface area is 121 Å². The first-order valence-electron chi connectivity index (χ1n) is 6.56. The SMILES string of the molecule is COC1CC(Nc2cnn(CC(C)C)c(=O)c2Br)C1. The van der Waals surface area contributed by atoms with Crippen LogP contribution in [0.1, 0.15) is 26.7 Å². The average Bonchev–Trinajstić information content (AvgIpc) is 2.31. The van der Waals surface area contributed by atoms with E-state index in [-0.39, 0.29) is 5.56 Å². The Balaban J connectivity index is 2.07. The molecule has 1 aliphatic rings. The molecular weight excluding hydrogens is 310 g/mol. The maximum Gasteiger partial charge on any atom is 0.283 e. The van der Waals surface area contributed by atoms with Crippen LogP contribution in [0.25, 0.3) is 0 Å².